The van der Waals surface area contributed by atoms with Gasteiger partial charge in [-0.05, 0) is 79.8 Å². The highest BCUT2D eigenvalue weighted by Crippen LogP contribution is 2.31. The number of carbonyl (C=O) groups is 4. The molecule has 0 radical (unpaired) electrons. The van der Waals surface area contributed by atoms with Gasteiger partial charge in [0, 0.05) is 24.7 Å². The van der Waals surface area contributed by atoms with Gasteiger partial charge in [0.05, 0.1) is 19.4 Å². The molecule has 0 atom stereocenters. The van der Waals surface area contributed by atoms with Crippen LogP contribution in [-0.2, 0) is 16.2 Å². The van der Waals surface area contributed by atoms with E-state index in [1.54, 1.807) is 42.5 Å². The number of hydrogen-bond donors (Lipinski definition) is 1. The van der Waals surface area contributed by atoms with E-state index in [0.29, 0.717) is 35.0 Å². The summed E-state index contributed by atoms with van der Waals surface area (Å²) in [6.45, 7) is 4.09. The maximum atomic E-state index is 13.3. The molecular weight excluding hydrogens is 550 g/mol. The molecule has 0 bridgehead atoms. The van der Waals surface area contributed by atoms with E-state index in [1.165, 1.54) is 19.6 Å². The number of anilines is 1. The molecule has 10 nitrogen and oxygen atoms in total. The summed E-state index contributed by atoms with van der Waals surface area (Å²) in [5.41, 5.74) is 2.10. The maximum absolute atomic E-state index is 13.3. The van der Waals surface area contributed by atoms with Crippen LogP contribution in [0.5, 0.6) is 17.2 Å². The van der Waals surface area contributed by atoms with Gasteiger partial charge in [-0.1, -0.05) is 24.3 Å². The first-order valence-corrected chi connectivity index (χ1v) is 14.2. The summed E-state index contributed by atoms with van der Waals surface area (Å²) < 4.78 is 17.0. The van der Waals surface area contributed by atoms with Gasteiger partial charge in [0.1, 0.15) is 17.9 Å². The lowest BCUT2D eigenvalue weighted by atomic mass is 10.1. The highest BCUT2D eigenvalue weighted by atomic mass is 16.5. The number of piperidine rings is 1. The Morgan fingerprint density at radius 3 is 2.40 bits per heavy atom. The monoisotopic (exact) mass is 583 g/mol. The van der Waals surface area contributed by atoms with Crippen molar-refractivity contribution in [2.24, 2.45) is 0 Å². The van der Waals surface area contributed by atoms with Crippen LogP contribution < -0.4 is 24.4 Å². The van der Waals surface area contributed by atoms with Gasteiger partial charge in [-0.25, -0.2) is 9.69 Å². The number of likely N-dealkylation sites (tertiary alicyclic amines) is 1. The molecule has 2 fully saturated rings. The number of nitrogens with zero attached hydrogens (tertiary/aromatic N) is 2. The summed E-state index contributed by atoms with van der Waals surface area (Å²) in [4.78, 5) is 54.1. The van der Waals surface area contributed by atoms with E-state index in [2.05, 4.69) is 5.32 Å². The molecule has 2 saturated heterocycles. The molecule has 5 amide bonds. The van der Waals surface area contributed by atoms with Crippen LogP contribution in [0, 0.1) is 0 Å². The number of rotatable bonds is 9. The second-order valence-corrected chi connectivity index (χ2v) is 10.1. The van der Waals surface area contributed by atoms with Crippen LogP contribution in [0.25, 0.3) is 6.08 Å². The van der Waals surface area contributed by atoms with E-state index in [1.807, 2.05) is 36.1 Å². The number of hydrogen-bond acceptors (Lipinski definition) is 7. The molecule has 1 N–H and O–H groups in total. The molecule has 2 aliphatic heterocycles. The number of amides is 5. The molecule has 2 aliphatic rings. The predicted molar refractivity (Wildman–Crippen MR) is 160 cm³/mol. The minimum atomic E-state index is -0.842. The van der Waals surface area contributed by atoms with Crippen molar-refractivity contribution < 1.29 is 33.4 Å². The van der Waals surface area contributed by atoms with Crippen LogP contribution in [0.4, 0.5) is 10.5 Å². The molecule has 0 saturated carbocycles. The van der Waals surface area contributed by atoms with Gasteiger partial charge >= 0.3 is 6.03 Å². The van der Waals surface area contributed by atoms with Gasteiger partial charge in [0.15, 0.2) is 11.5 Å². The van der Waals surface area contributed by atoms with Crippen LogP contribution in [-0.4, -0.2) is 55.5 Å². The summed E-state index contributed by atoms with van der Waals surface area (Å²) in [6, 6.07) is 18.0. The van der Waals surface area contributed by atoms with Gasteiger partial charge in [-0.3, -0.25) is 19.7 Å². The van der Waals surface area contributed by atoms with E-state index in [-0.39, 0.29) is 23.8 Å². The molecule has 10 heteroatoms. The molecule has 222 valence electrons. The molecule has 0 aliphatic carbocycles. The summed E-state index contributed by atoms with van der Waals surface area (Å²) >= 11 is 0. The first kappa shape index (κ1) is 29.4. The Hall–Kier alpha value is -5.12. The maximum Gasteiger partial charge on any atom is 0.335 e. The van der Waals surface area contributed by atoms with Gasteiger partial charge in [-0.2, -0.15) is 0 Å². The Bertz CT molecular complexity index is 1560. The predicted octanol–water partition coefficient (Wildman–Crippen LogP) is 4.97. The molecule has 43 heavy (non-hydrogen) atoms. The van der Waals surface area contributed by atoms with Gasteiger partial charge in [0.25, 0.3) is 17.7 Å². The Morgan fingerprint density at radius 1 is 0.907 bits per heavy atom. The molecule has 5 rings (SSSR count). The minimum absolute atomic E-state index is 0.0511. The summed E-state index contributed by atoms with van der Waals surface area (Å²) in [6.07, 6.45) is 4.65. The molecular formula is C33H33N3O7. The van der Waals surface area contributed by atoms with E-state index in [0.717, 1.165) is 36.4 Å². The van der Waals surface area contributed by atoms with Gasteiger partial charge < -0.3 is 19.1 Å². The first-order chi connectivity index (χ1) is 20.9. The quantitative estimate of drug-likeness (QED) is 0.280. The Kier molecular flexibility index (Phi) is 9.05. The van der Waals surface area contributed by atoms with Crippen LogP contribution in [0.2, 0.25) is 0 Å². The third-order valence-electron chi connectivity index (χ3n) is 7.23. The fourth-order valence-corrected chi connectivity index (χ4v) is 5.02. The first-order valence-electron chi connectivity index (χ1n) is 14.2. The molecule has 2 heterocycles. The summed E-state index contributed by atoms with van der Waals surface area (Å²) in [7, 11) is 1.49. The average molecular weight is 584 g/mol. The zero-order valence-electron chi connectivity index (χ0n) is 24.1. The van der Waals surface area contributed by atoms with E-state index < -0.39 is 17.8 Å². The Morgan fingerprint density at radius 2 is 1.67 bits per heavy atom. The SMILES string of the molecule is CCOc1cccc(N2C(=O)NC(=O)/C(=C\c3ccc(OCc4ccc(C(=O)N5CCCCC5)cc4)c(OC)c3)C2=O)c1. The van der Waals surface area contributed by atoms with Crippen molar-refractivity contribution >= 4 is 35.5 Å². The Labute approximate surface area is 249 Å². The van der Waals surface area contributed by atoms with E-state index >= 15 is 0 Å². The van der Waals surface area contributed by atoms with Crippen molar-refractivity contribution in [2.75, 3.05) is 31.7 Å². The summed E-state index contributed by atoms with van der Waals surface area (Å²) in [5, 5.41) is 2.23. The highest BCUT2D eigenvalue weighted by Gasteiger charge is 2.37. The smallest absolute Gasteiger partial charge is 0.335 e. The molecule has 0 unspecified atom stereocenters. The number of nitrogens with one attached hydrogen (secondary N) is 1. The third kappa shape index (κ3) is 6.69. The lowest BCUT2D eigenvalue weighted by Crippen LogP contribution is -2.54. The van der Waals surface area contributed by atoms with Crippen molar-refractivity contribution in [3.63, 3.8) is 0 Å². The third-order valence-corrected chi connectivity index (χ3v) is 7.23. The number of imide groups is 2. The van der Waals surface area contributed by atoms with Crippen molar-refractivity contribution in [1.82, 2.24) is 10.2 Å². The van der Waals surface area contributed by atoms with Crippen molar-refractivity contribution in [3.05, 3.63) is 89.0 Å². The molecule has 3 aromatic carbocycles. The van der Waals surface area contributed by atoms with Crippen LogP contribution in [0.3, 0.4) is 0 Å². The highest BCUT2D eigenvalue weighted by molar-refractivity contribution is 6.39. The van der Waals surface area contributed by atoms with Crippen molar-refractivity contribution in [1.29, 1.82) is 0 Å². The normalized spacial score (nSPS) is 16.2. The summed E-state index contributed by atoms with van der Waals surface area (Å²) in [5.74, 6) is -0.160. The average Bonchev–Trinajstić information content (AvgIpc) is 3.03. The number of methoxy groups -OCH3 is 1. The topological polar surface area (TPSA) is 114 Å². The van der Waals surface area contributed by atoms with Gasteiger partial charge in [0.2, 0.25) is 0 Å². The zero-order valence-corrected chi connectivity index (χ0v) is 24.1. The standard InChI is InChI=1S/C33H33N3O7/c1-3-42-26-9-7-8-25(20-26)36-32(39)27(30(37)34-33(36)40)18-23-12-15-28(29(19-23)41-2)43-21-22-10-13-24(14-11-22)31(38)35-16-5-4-6-17-35/h7-15,18-20H,3-6,16-17,21H2,1-2H3,(H,34,37,40)/b27-18+. The lowest BCUT2D eigenvalue weighted by molar-refractivity contribution is -0.122. The van der Waals surface area contributed by atoms with E-state index in [4.69, 9.17) is 14.2 Å². The van der Waals surface area contributed by atoms with Crippen LogP contribution in [0.15, 0.2) is 72.3 Å². The second-order valence-electron chi connectivity index (χ2n) is 10.1. The largest absolute Gasteiger partial charge is 0.494 e. The Balaban J connectivity index is 1.29. The fraction of sp³-hybridized carbons (Fsp3) is 0.273. The van der Waals surface area contributed by atoms with Crippen molar-refractivity contribution in [2.45, 2.75) is 32.8 Å². The number of barbiturate groups is 1. The van der Waals surface area contributed by atoms with Crippen molar-refractivity contribution in [3.8, 4) is 17.2 Å². The zero-order chi connectivity index (χ0) is 30.3. The second kappa shape index (κ2) is 13.2. The van der Waals surface area contributed by atoms with Gasteiger partial charge in [-0.15, -0.1) is 0 Å². The van der Waals surface area contributed by atoms with Crippen LogP contribution >= 0.6 is 0 Å². The number of urea groups is 1. The number of carbonyl (C=O) groups excluding carboxylic acids is 4. The molecule has 3 aromatic rings. The van der Waals surface area contributed by atoms with Crippen LogP contribution in [0.1, 0.15) is 47.7 Å². The molecule has 0 aromatic heterocycles. The fourth-order valence-electron chi connectivity index (χ4n) is 5.02. The van der Waals surface area contributed by atoms with E-state index in [9.17, 15) is 19.2 Å². The molecule has 0 spiro atoms. The number of benzene rings is 3. The number of ether oxygens (including phenoxy) is 3. The minimum Gasteiger partial charge on any atom is -0.494 e. The lowest BCUT2D eigenvalue weighted by Gasteiger charge is -2.26.